The Kier molecular flexibility index (Phi) is 6.59. The molecule has 2 rings (SSSR count). The highest BCUT2D eigenvalue weighted by Crippen LogP contribution is 2.21. The van der Waals surface area contributed by atoms with Gasteiger partial charge in [-0.1, -0.05) is 12.1 Å². The summed E-state index contributed by atoms with van der Waals surface area (Å²) >= 11 is 0. The Bertz CT molecular complexity index is 817. The number of rotatable bonds is 6. The van der Waals surface area contributed by atoms with Crippen molar-refractivity contribution >= 4 is 17.7 Å². The molecule has 0 aliphatic heterocycles. The second-order valence-corrected chi connectivity index (χ2v) is 6.11. The minimum absolute atomic E-state index is 0.0919. The molecular weight excluding hydrogens is 350 g/mol. The van der Waals surface area contributed by atoms with E-state index in [9.17, 15) is 14.4 Å². The molecule has 144 valence electrons. The van der Waals surface area contributed by atoms with E-state index in [0.717, 1.165) is 11.1 Å². The number of benzene rings is 1. The molecule has 0 radical (unpaired) electrons. The molecule has 2 atom stereocenters. The molecule has 0 aliphatic rings. The van der Waals surface area contributed by atoms with E-state index >= 15 is 0 Å². The van der Waals surface area contributed by atoms with Crippen molar-refractivity contribution in [1.82, 2.24) is 16.2 Å². The molecule has 8 nitrogen and oxygen atoms in total. The van der Waals surface area contributed by atoms with Gasteiger partial charge < -0.3 is 14.5 Å². The Morgan fingerprint density at radius 3 is 2.37 bits per heavy atom. The van der Waals surface area contributed by atoms with E-state index in [2.05, 4.69) is 16.2 Å². The van der Waals surface area contributed by atoms with Gasteiger partial charge in [-0.05, 0) is 57.0 Å². The number of nitrogens with one attached hydrogen (secondary N) is 3. The van der Waals surface area contributed by atoms with Crippen molar-refractivity contribution in [3.63, 3.8) is 0 Å². The zero-order valence-corrected chi connectivity index (χ0v) is 15.7. The molecule has 0 fully saturated rings. The number of carbonyl (C=O) groups excluding carboxylic acids is 3. The molecule has 1 aromatic carbocycles. The molecule has 2 aromatic rings. The van der Waals surface area contributed by atoms with Gasteiger partial charge in [-0.3, -0.25) is 25.2 Å². The Labute approximate surface area is 157 Å². The molecule has 0 aliphatic carbocycles. The van der Waals surface area contributed by atoms with E-state index in [1.807, 2.05) is 26.0 Å². The minimum atomic E-state index is -0.877. The Morgan fingerprint density at radius 1 is 1.00 bits per heavy atom. The molecule has 1 aromatic heterocycles. The summed E-state index contributed by atoms with van der Waals surface area (Å²) in [6.45, 7) is 6.91. The summed E-state index contributed by atoms with van der Waals surface area (Å²) in [7, 11) is 0. The third-order valence-corrected chi connectivity index (χ3v) is 4.02. The highest BCUT2D eigenvalue weighted by Gasteiger charge is 2.20. The first-order valence-electron chi connectivity index (χ1n) is 8.46. The molecule has 1 heterocycles. The summed E-state index contributed by atoms with van der Waals surface area (Å²) in [6, 6.07) is 7.74. The summed E-state index contributed by atoms with van der Waals surface area (Å²) < 4.78 is 10.6. The van der Waals surface area contributed by atoms with Gasteiger partial charge in [0.25, 0.3) is 17.7 Å². The third kappa shape index (κ3) is 5.34. The van der Waals surface area contributed by atoms with Gasteiger partial charge >= 0.3 is 0 Å². The van der Waals surface area contributed by atoms with Gasteiger partial charge in [0.05, 0.1) is 6.26 Å². The summed E-state index contributed by atoms with van der Waals surface area (Å²) in [6.07, 6.45) is 0.538. The van der Waals surface area contributed by atoms with E-state index in [1.54, 1.807) is 19.1 Å². The van der Waals surface area contributed by atoms with Crippen molar-refractivity contribution in [2.75, 3.05) is 0 Å². The molecule has 0 spiro atoms. The van der Waals surface area contributed by atoms with Crippen LogP contribution in [0.25, 0.3) is 0 Å². The fourth-order valence-electron chi connectivity index (χ4n) is 2.17. The van der Waals surface area contributed by atoms with Crippen LogP contribution in [0.5, 0.6) is 5.75 Å². The number of furan rings is 1. The fourth-order valence-corrected chi connectivity index (χ4v) is 2.17. The molecule has 0 saturated carbocycles. The number of hydrazine groups is 1. The van der Waals surface area contributed by atoms with E-state index < -0.39 is 29.9 Å². The zero-order chi connectivity index (χ0) is 20.0. The SMILES string of the molecule is Cc1cccc(OC(C)C(=O)NNC(=O)[C@H](C)NC(=O)c2ccco2)c1C. The molecule has 8 heteroatoms. The number of hydrogen-bond donors (Lipinski definition) is 3. The molecular formula is C19H23N3O5. The Hall–Kier alpha value is -3.29. The standard InChI is InChI=1S/C19H23N3O5/c1-11-7-5-8-15(12(11)2)27-14(4)18(24)22-21-17(23)13(3)20-19(25)16-9-6-10-26-16/h5-10,13-14H,1-4H3,(H,20,25)(H,21,23)(H,22,24)/t13-,14?/m0/s1. The zero-order valence-electron chi connectivity index (χ0n) is 15.7. The van der Waals surface area contributed by atoms with Gasteiger partial charge in [-0.15, -0.1) is 0 Å². The lowest BCUT2D eigenvalue weighted by Gasteiger charge is -2.18. The fraction of sp³-hybridized carbons (Fsp3) is 0.316. The van der Waals surface area contributed by atoms with Gasteiger partial charge in [0.15, 0.2) is 11.9 Å². The average Bonchev–Trinajstić information content (AvgIpc) is 3.17. The lowest BCUT2D eigenvalue weighted by atomic mass is 10.1. The van der Waals surface area contributed by atoms with Crippen molar-refractivity contribution < 1.29 is 23.5 Å². The van der Waals surface area contributed by atoms with Crippen molar-refractivity contribution in [1.29, 1.82) is 0 Å². The van der Waals surface area contributed by atoms with Crippen molar-refractivity contribution in [3.8, 4) is 5.75 Å². The lowest BCUT2D eigenvalue weighted by Crippen LogP contribution is -2.53. The number of ether oxygens (including phenoxy) is 1. The quantitative estimate of drug-likeness (QED) is 0.667. The summed E-state index contributed by atoms with van der Waals surface area (Å²) in [5, 5.41) is 2.46. The van der Waals surface area contributed by atoms with Crippen molar-refractivity contribution in [2.45, 2.75) is 39.8 Å². The smallest absolute Gasteiger partial charge is 0.287 e. The first-order valence-corrected chi connectivity index (χ1v) is 8.46. The largest absolute Gasteiger partial charge is 0.481 e. The summed E-state index contributed by atoms with van der Waals surface area (Å²) in [4.78, 5) is 36.0. The predicted molar refractivity (Wildman–Crippen MR) is 97.9 cm³/mol. The van der Waals surface area contributed by atoms with E-state index in [-0.39, 0.29) is 5.76 Å². The van der Waals surface area contributed by atoms with Crippen LogP contribution in [0.3, 0.4) is 0 Å². The molecule has 3 N–H and O–H groups in total. The van der Waals surface area contributed by atoms with Crippen LogP contribution >= 0.6 is 0 Å². The Morgan fingerprint density at radius 2 is 1.70 bits per heavy atom. The van der Waals surface area contributed by atoms with Crippen LogP contribution in [0.4, 0.5) is 0 Å². The number of amides is 3. The van der Waals surface area contributed by atoms with Gasteiger partial charge in [-0.25, -0.2) is 0 Å². The number of carbonyl (C=O) groups is 3. The van der Waals surface area contributed by atoms with E-state index in [0.29, 0.717) is 5.75 Å². The highest BCUT2D eigenvalue weighted by atomic mass is 16.5. The maximum absolute atomic E-state index is 12.1. The number of aryl methyl sites for hydroxylation is 1. The molecule has 0 bridgehead atoms. The van der Waals surface area contributed by atoms with E-state index in [4.69, 9.17) is 9.15 Å². The van der Waals surface area contributed by atoms with Crippen LogP contribution in [-0.4, -0.2) is 29.9 Å². The average molecular weight is 373 g/mol. The van der Waals surface area contributed by atoms with Crippen molar-refractivity contribution in [3.05, 3.63) is 53.5 Å². The normalized spacial score (nSPS) is 12.6. The van der Waals surface area contributed by atoms with Crippen molar-refractivity contribution in [2.24, 2.45) is 0 Å². The topological polar surface area (TPSA) is 110 Å². The van der Waals surface area contributed by atoms with E-state index in [1.165, 1.54) is 19.3 Å². The highest BCUT2D eigenvalue weighted by molar-refractivity contribution is 5.95. The maximum atomic E-state index is 12.1. The van der Waals surface area contributed by atoms with Gasteiger partial charge in [0, 0.05) is 0 Å². The lowest BCUT2D eigenvalue weighted by molar-refractivity contribution is -0.133. The second kappa shape index (κ2) is 8.88. The maximum Gasteiger partial charge on any atom is 0.287 e. The van der Waals surface area contributed by atoms with Crippen LogP contribution in [0.15, 0.2) is 41.0 Å². The molecule has 3 amide bonds. The molecule has 27 heavy (non-hydrogen) atoms. The number of hydrogen-bond acceptors (Lipinski definition) is 5. The minimum Gasteiger partial charge on any atom is -0.481 e. The summed E-state index contributed by atoms with van der Waals surface area (Å²) in [5.74, 6) is -0.936. The van der Waals surface area contributed by atoms with Crippen LogP contribution in [0.2, 0.25) is 0 Å². The van der Waals surface area contributed by atoms with Crippen LogP contribution in [0.1, 0.15) is 35.5 Å². The van der Waals surface area contributed by atoms with Gasteiger partial charge in [0.2, 0.25) is 0 Å². The first-order chi connectivity index (χ1) is 12.8. The van der Waals surface area contributed by atoms with Gasteiger partial charge in [-0.2, -0.15) is 0 Å². The molecule has 1 unspecified atom stereocenters. The monoisotopic (exact) mass is 373 g/mol. The van der Waals surface area contributed by atoms with Gasteiger partial charge in [0.1, 0.15) is 11.8 Å². The van der Waals surface area contributed by atoms with Crippen LogP contribution in [-0.2, 0) is 9.59 Å². The first kappa shape index (κ1) is 20.0. The van der Waals surface area contributed by atoms with Crippen LogP contribution < -0.4 is 20.9 Å². The predicted octanol–water partition coefficient (Wildman–Crippen LogP) is 1.63. The van der Waals surface area contributed by atoms with Crippen LogP contribution in [0, 0.1) is 13.8 Å². The second-order valence-electron chi connectivity index (χ2n) is 6.11. The Balaban J connectivity index is 1.82. The molecule has 0 saturated heterocycles. The third-order valence-electron chi connectivity index (χ3n) is 4.02. The summed E-state index contributed by atoms with van der Waals surface area (Å²) in [5.41, 5.74) is 6.54.